The Hall–Kier alpha value is -3.61. The van der Waals surface area contributed by atoms with Gasteiger partial charge in [0, 0.05) is 17.7 Å². The summed E-state index contributed by atoms with van der Waals surface area (Å²) < 4.78 is 14.8. The van der Waals surface area contributed by atoms with Gasteiger partial charge >= 0.3 is 5.56 Å². The minimum atomic E-state index is -0.313. The van der Waals surface area contributed by atoms with E-state index in [0.29, 0.717) is 24.2 Å². The minimum Gasteiger partial charge on any atom is -0.293 e. The van der Waals surface area contributed by atoms with Crippen LogP contribution in [0.25, 0.3) is 16.8 Å². The van der Waals surface area contributed by atoms with Crippen molar-refractivity contribution in [3.05, 3.63) is 80.6 Å². The van der Waals surface area contributed by atoms with E-state index in [4.69, 9.17) is 0 Å². The molecule has 150 valence electrons. The van der Waals surface area contributed by atoms with E-state index >= 15 is 0 Å². The highest BCUT2D eigenvalue weighted by atomic mass is 19.1. The van der Waals surface area contributed by atoms with Gasteiger partial charge in [0.1, 0.15) is 5.82 Å². The van der Waals surface area contributed by atoms with Gasteiger partial charge in [-0.3, -0.25) is 14.9 Å². The predicted octanol–water partition coefficient (Wildman–Crippen LogP) is 4.08. The van der Waals surface area contributed by atoms with Crippen molar-refractivity contribution in [2.75, 3.05) is 0 Å². The molecule has 7 heteroatoms. The van der Waals surface area contributed by atoms with Gasteiger partial charge in [0.2, 0.25) is 0 Å². The quantitative estimate of drug-likeness (QED) is 0.562. The summed E-state index contributed by atoms with van der Waals surface area (Å²) >= 11 is 0. The highest BCUT2D eigenvalue weighted by Crippen LogP contribution is 2.31. The second kappa shape index (κ2) is 6.73. The molecule has 1 aliphatic heterocycles. The normalized spacial score (nSPS) is 13.0. The maximum atomic E-state index is 13.4. The Kier molecular flexibility index (Phi) is 4.13. The lowest BCUT2D eigenvalue weighted by Gasteiger charge is -2.03. The van der Waals surface area contributed by atoms with Crippen molar-refractivity contribution >= 4 is 17.0 Å². The monoisotopic (exact) mass is 401 g/mol. The molecule has 0 radical (unpaired) electrons. The van der Waals surface area contributed by atoms with E-state index in [0.717, 1.165) is 33.6 Å². The van der Waals surface area contributed by atoms with Crippen LogP contribution in [0, 0.1) is 19.7 Å². The molecule has 0 atom stereocenters. The number of aliphatic imine (C=N–C) groups is 1. The van der Waals surface area contributed by atoms with Crippen molar-refractivity contribution in [3.8, 4) is 11.1 Å². The minimum absolute atomic E-state index is 0.244. The van der Waals surface area contributed by atoms with Crippen LogP contribution in [0.3, 0.4) is 0 Å². The zero-order chi connectivity index (χ0) is 21.0. The second-order valence-corrected chi connectivity index (χ2v) is 7.64. The molecule has 3 heterocycles. The van der Waals surface area contributed by atoms with E-state index in [-0.39, 0.29) is 17.1 Å². The lowest BCUT2D eigenvalue weighted by molar-refractivity contribution is 0.628. The molecule has 30 heavy (non-hydrogen) atoms. The number of hydrogen-bond acceptors (Lipinski definition) is 4. The number of halogens is 1. The third-order valence-electron chi connectivity index (χ3n) is 5.70. The van der Waals surface area contributed by atoms with Crippen molar-refractivity contribution < 1.29 is 4.39 Å². The highest BCUT2D eigenvalue weighted by Gasteiger charge is 2.24. The molecule has 4 aromatic rings. The molecule has 0 saturated carbocycles. The zero-order valence-electron chi connectivity index (χ0n) is 17.0. The van der Waals surface area contributed by atoms with E-state index in [1.807, 2.05) is 19.9 Å². The fourth-order valence-electron chi connectivity index (χ4n) is 3.94. The topological polar surface area (TPSA) is 75.4 Å². The number of rotatable bonds is 3. The number of nitrogens with one attached hydrogen (secondary N) is 1. The van der Waals surface area contributed by atoms with E-state index in [1.165, 1.54) is 22.2 Å². The largest absolute Gasteiger partial charge is 0.300 e. The lowest BCUT2D eigenvalue weighted by Crippen LogP contribution is -2.26. The summed E-state index contributed by atoms with van der Waals surface area (Å²) in [7, 11) is 0. The maximum absolute atomic E-state index is 13.4. The molecule has 1 N–H and O–H groups in total. The molecule has 1 aliphatic rings. The van der Waals surface area contributed by atoms with Gasteiger partial charge in [-0.05, 0) is 60.7 Å². The average molecular weight is 401 g/mol. The summed E-state index contributed by atoms with van der Waals surface area (Å²) in [5.74, 6) is -0.313. The van der Waals surface area contributed by atoms with Crippen LogP contribution < -0.4 is 5.56 Å². The molecule has 0 unspecified atom stereocenters. The van der Waals surface area contributed by atoms with Crippen LogP contribution in [0.2, 0.25) is 0 Å². The molecule has 0 fully saturated rings. The Bertz CT molecular complexity index is 1400. The summed E-state index contributed by atoms with van der Waals surface area (Å²) in [6.07, 6.45) is 1.22. The molecule has 0 saturated heterocycles. The first-order valence-corrected chi connectivity index (χ1v) is 9.90. The molecule has 0 bridgehead atoms. The van der Waals surface area contributed by atoms with Gasteiger partial charge in [0.15, 0.2) is 11.3 Å². The summed E-state index contributed by atoms with van der Waals surface area (Å²) in [6, 6.07) is 10.3. The lowest BCUT2D eigenvalue weighted by atomic mass is 10.0. The fraction of sp³-hybridized carbons (Fsp3) is 0.217. The first-order chi connectivity index (χ1) is 14.5. The SMILES string of the molecule is CCc1[nH]n2c(=O)c(C3=Nc4cc(C)c(C)cc4C3)nnc2c1-c1ccc(F)cc1. The van der Waals surface area contributed by atoms with Crippen LogP contribution in [0.15, 0.2) is 46.2 Å². The van der Waals surface area contributed by atoms with E-state index < -0.39 is 0 Å². The number of H-pyrrole nitrogens is 1. The van der Waals surface area contributed by atoms with Crippen molar-refractivity contribution in [2.24, 2.45) is 4.99 Å². The number of aromatic nitrogens is 4. The number of hydrogen-bond donors (Lipinski definition) is 1. The van der Waals surface area contributed by atoms with Gasteiger partial charge in [-0.2, -0.15) is 4.52 Å². The van der Waals surface area contributed by atoms with Crippen LogP contribution in [0.4, 0.5) is 10.1 Å². The molecule has 0 amide bonds. The third-order valence-corrected chi connectivity index (χ3v) is 5.70. The van der Waals surface area contributed by atoms with E-state index in [2.05, 4.69) is 33.3 Å². The van der Waals surface area contributed by atoms with E-state index in [1.54, 1.807) is 12.1 Å². The number of aromatic amines is 1. The summed E-state index contributed by atoms with van der Waals surface area (Å²) in [4.78, 5) is 17.9. The maximum Gasteiger partial charge on any atom is 0.300 e. The van der Waals surface area contributed by atoms with Gasteiger partial charge < -0.3 is 0 Å². The first-order valence-electron chi connectivity index (χ1n) is 9.90. The molecule has 2 aromatic carbocycles. The van der Waals surface area contributed by atoms with Crippen LogP contribution in [-0.2, 0) is 12.8 Å². The van der Waals surface area contributed by atoms with Crippen molar-refractivity contribution in [1.82, 2.24) is 19.8 Å². The number of aryl methyl sites for hydroxylation is 3. The highest BCUT2D eigenvalue weighted by molar-refractivity contribution is 6.05. The first kappa shape index (κ1) is 18.4. The standard InChI is InChI=1S/C23H20FN5O/c1-4-17-20(14-5-7-16(24)8-6-14)22-27-26-21(23(30)29(22)28-17)19-11-15-9-12(2)13(3)10-18(15)25-19/h5-10,28H,4,11H2,1-3H3. The van der Waals surface area contributed by atoms with Gasteiger partial charge in [-0.1, -0.05) is 25.1 Å². The van der Waals surface area contributed by atoms with Gasteiger partial charge in [-0.15, -0.1) is 10.2 Å². The van der Waals surface area contributed by atoms with Crippen molar-refractivity contribution in [1.29, 1.82) is 0 Å². The molecule has 6 nitrogen and oxygen atoms in total. The molecular formula is C23H20FN5O. The summed E-state index contributed by atoms with van der Waals surface area (Å²) in [5, 5.41) is 11.8. The number of benzene rings is 2. The number of fused-ring (bicyclic) bond motifs is 2. The third kappa shape index (κ3) is 2.77. The predicted molar refractivity (Wildman–Crippen MR) is 114 cm³/mol. The summed E-state index contributed by atoms with van der Waals surface area (Å²) in [5.41, 5.74) is 7.72. The van der Waals surface area contributed by atoms with Gasteiger partial charge in [-0.25, -0.2) is 4.39 Å². The smallest absolute Gasteiger partial charge is 0.293 e. The molecule has 5 rings (SSSR count). The molecule has 2 aromatic heterocycles. The van der Waals surface area contributed by atoms with E-state index in [9.17, 15) is 9.18 Å². The van der Waals surface area contributed by atoms with Gasteiger partial charge in [0.05, 0.1) is 11.4 Å². The van der Waals surface area contributed by atoms with Crippen LogP contribution >= 0.6 is 0 Å². The Balaban J connectivity index is 1.65. The zero-order valence-corrected chi connectivity index (χ0v) is 17.0. The van der Waals surface area contributed by atoms with Gasteiger partial charge in [0.25, 0.3) is 0 Å². The fourth-order valence-corrected chi connectivity index (χ4v) is 3.94. The van der Waals surface area contributed by atoms with Crippen LogP contribution in [0.1, 0.15) is 35.0 Å². The number of nitrogens with zero attached hydrogens (tertiary/aromatic N) is 4. The van der Waals surface area contributed by atoms with Crippen molar-refractivity contribution in [2.45, 2.75) is 33.6 Å². The Labute approximate surface area is 172 Å². The van der Waals surface area contributed by atoms with Crippen molar-refractivity contribution in [3.63, 3.8) is 0 Å². The summed E-state index contributed by atoms with van der Waals surface area (Å²) in [6.45, 7) is 6.10. The second-order valence-electron chi connectivity index (χ2n) is 7.64. The molecular weight excluding hydrogens is 381 g/mol. The molecule has 0 spiro atoms. The Morgan fingerprint density at radius 1 is 1.10 bits per heavy atom. The van der Waals surface area contributed by atoms with Crippen LogP contribution in [-0.4, -0.2) is 25.5 Å². The Morgan fingerprint density at radius 3 is 2.57 bits per heavy atom. The Morgan fingerprint density at radius 2 is 1.83 bits per heavy atom. The molecule has 0 aliphatic carbocycles. The van der Waals surface area contributed by atoms with Crippen LogP contribution in [0.5, 0.6) is 0 Å². The average Bonchev–Trinajstić information content (AvgIpc) is 3.31.